The van der Waals surface area contributed by atoms with Gasteiger partial charge in [0.25, 0.3) is 0 Å². The zero-order chi connectivity index (χ0) is 18.4. The van der Waals surface area contributed by atoms with Gasteiger partial charge in [0.05, 0.1) is 8.07 Å². The number of carbonyl (C=O) groups is 1. The van der Waals surface area contributed by atoms with E-state index in [0.717, 1.165) is 10.2 Å². The van der Waals surface area contributed by atoms with Gasteiger partial charge in [-0.3, -0.25) is 4.79 Å². The van der Waals surface area contributed by atoms with E-state index < -0.39 is 28.4 Å². The molecule has 1 atom stereocenters. The highest BCUT2D eigenvalue weighted by Gasteiger charge is 2.55. The number of amides is 1. The van der Waals surface area contributed by atoms with E-state index in [-0.39, 0.29) is 10.1 Å². The number of carbonyl (C=O) groups excluding carboxylic acids is 1. The van der Waals surface area contributed by atoms with Crippen LogP contribution in [0.1, 0.15) is 41.5 Å². The van der Waals surface area contributed by atoms with Crippen LogP contribution in [0.25, 0.3) is 0 Å². The predicted molar refractivity (Wildman–Crippen MR) is 92.2 cm³/mol. The molecule has 0 aliphatic rings. The average Bonchev–Trinajstić information content (AvgIpc) is 2.21. The molecule has 0 aromatic heterocycles. The zero-order valence-electron chi connectivity index (χ0n) is 15.7. The second kappa shape index (κ2) is 5.96. The topological polar surface area (TPSA) is 20.3 Å². The van der Waals surface area contributed by atoms with Gasteiger partial charge in [-0.05, 0) is 15.7 Å². The molecule has 0 bridgehead atoms. The van der Waals surface area contributed by atoms with Gasteiger partial charge in [-0.15, -0.1) is 0 Å². The molecular weight excluding hydrogens is 323 g/mol. The van der Waals surface area contributed by atoms with Crippen molar-refractivity contribution in [3.8, 4) is 0 Å². The van der Waals surface area contributed by atoms with Crippen LogP contribution < -0.4 is 0 Å². The van der Waals surface area contributed by atoms with Gasteiger partial charge in [-0.2, -0.15) is 13.2 Å². The van der Waals surface area contributed by atoms with Crippen molar-refractivity contribution in [3.05, 3.63) is 0 Å². The van der Waals surface area contributed by atoms with Crippen LogP contribution in [0.15, 0.2) is 0 Å². The number of rotatable bonds is 3. The fourth-order valence-electron chi connectivity index (χ4n) is 2.43. The van der Waals surface area contributed by atoms with Crippen LogP contribution in [0.4, 0.5) is 13.2 Å². The molecule has 0 saturated carbocycles. The van der Waals surface area contributed by atoms with Gasteiger partial charge >= 0.3 is 12.1 Å². The van der Waals surface area contributed by atoms with Crippen molar-refractivity contribution in [2.24, 2.45) is 0 Å². The smallest absolute Gasteiger partial charge is 0.364 e. The van der Waals surface area contributed by atoms with Crippen molar-refractivity contribution in [2.75, 3.05) is 7.05 Å². The maximum absolute atomic E-state index is 12.9. The average molecular weight is 356 g/mol. The lowest BCUT2D eigenvalue weighted by molar-refractivity contribution is -0.180. The van der Waals surface area contributed by atoms with Crippen molar-refractivity contribution in [3.63, 3.8) is 0 Å². The molecule has 1 amide bonds. The molecule has 0 spiro atoms. The molecule has 0 heterocycles. The lowest BCUT2D eigenvalue weighted by atomic mass is 10.2. The van der Waals surface area contributed by atoms with E-state index >= 15 is 0 Å². The van der Waals surface area contributed by atoms with Gasteiger partial charge < -0.3 is 4.57 Å². The minimum atomic E-state index is -4.80. The lowest BCUT2D eigenvalue weighted by Crippen LogP contribution is -2.64. The van der Waals surface area contributed by atoms with E-state index in [1.807, 2.05) is 27.3 Å². The van der Waals surface area contributed by atoms with E-state index in [0.29, 0.717) is 0 Å². The Kier molecular flexibility index (Phi) is 5.88. The molecule has 0 aliphatic carbocycles. The normalized spacial score (nSPS) is 17.1. The fraction of sp³-hybridized carbons (Fsp3) is 0.933. The summed E-state index contributed by atoms with van der Waals surface area (Å²) in [4.78, 5) is 11.8. The Morgan fingerprint density at radius 3 is 1.50 bits per heavy atom. The minimum Gasteiger partial charge on any atom is -0.364 e. The number of hydrogen-bond acceptors (Lipinski definition) is 1. The van der Waals surface area contributed by atoms with Crippen molar-refractivity contribution >= 4 is 22.2 Å². The van der Waals surface area contributed by atoms with E-state index in [2.05, 4.69) is 33.9 Å². The Hall–Kier alpha value is -0.306. The van der Waals surface area contributed by atoms with Crippen LogP contribution in [-0.2, 0) is 4.79 Å². The van der Waals surface area contributed by atoms with Crippen LogP contribution >= 0.6 is 0 Å². The maximum atomic E-state index is 12.9. The monoisotopic (exact) mass is 355 g/mol. The van der Waals surface area contributed by atoms with Crippen LogP contribution in [0, 0.1) is 0 Å². The number of nitrogens with zero attached hydrogens (tertiary/aromatic N) is 1. The van der Waals surface area contributed by atoms with Crippen LogP contribution in [0.3, 0.4) is 0 Å². The Morgan fingerprint density at radius 2 is 1.27 bits per heavy atom. The van der Waals surface area contributed by atoms with Crippen molar-refractivity contribution in [1.82, 2.24) is 4.57 Å². The molecule has 132 valence electrons. The molecule has 0 aromatic rings. The molecular formula is C15H32F3NOSi2. The first-order chi connectivity index (χ1) is 9.27. The summed E-state index contributed by atoms with van der Waals surface area (Å²) in [6, 6.07) is 0. The summed E-state index contributed by atoms with van der Waals surface area (Å²) >= 11 is 0. The van der Waals surface area contributed by atoms with E-state index in [9.17, 15) is 18.0 Å². The standard InChI is InChI=1S/C15H32F3NOSi2/c1-13(2,3)21(8,9)11-22(10,14(4,5)6)19(7)12(20)15(16,17)18/h11H2,1-10H3. The first-order valence-corrected chi connectivity index (χ1v) is 13.5. The van der Waals surface area contributed by atoms with Crippen LogP contribution in [0.5, 0.6) is 0 Å². The summed E-state index contributed by atoms with van der Waals surface area (Å²) in [6.45, 7) is 18.7. The number of hydrogen-bond donors (Lipinski definition) is 0. The van der Waals surface area contributed by atoms with Crippen LogP contribution in [-0.4, -0.2) is 40.0 Å². The molecule has 0 fully saturated rings. The van der Waals surface area contributed by atoms with Gasteiger partial charge in [0.15, 0.2) is 8.24 Å². The van der Waals surface area contributed by atoms with Crippen LogP contribution in [0.2, 0.25) is 35.4 Å². The predicted octanol–water partition coefficient (Wildman–Crippen LogP) is 5.43. The third kappa shape index (κ3) is 4.37. The van der Waals surface area contributed by atoms with E-state index in [1.54, 1.807) is 0 Å². The SMILES string of the molecule is CN(C(=O)C(F)(F)F)[Si](C)(C[Si](C)(C)C(C)(C)C)C(C)(C)C. The summed E-state index contributed by atoms with van der Waals surface area (Å²) in [5, 5.41) is -0.243. The minimum absolute atomic E-state index is 0.0780. The van der Waals surface area contributed by atoms with Gasteiger partial charge in [-0.1, -0.05) is 61.2 Å². The highest BCUT2D eigenvalue weighted by molar-refractivity contribution is 6.97. The third-order valence-electron chi connectivity index (χ3n) is 5.72. The first kappa shape index (κ1) is 21.7. The number of alkyl halides is 3. The van der Waals surface area contributed by atoms with Crippen molar-refractivity contribution < 1.29 is 18.0 Å². The quantitative estimate of drug-likeness (QED) is 0.618. The lowest BCUT2D eigenvalue weighted by Gasteiger charge is -2.52. The van der Waals surface area contributed by atoms with Gasteiger partial charge in [0.2, 0.25) is 0 Å². The van der Waals surface area contributed by atoms with Gasteiger partial charge in [0.1, 0.15) is 0 Å². The van der Waals surface area contributed by atoms with Crippen molar-refractivity contribution in [1.29, 1.82) is 0 Å². The molecule has 0 aliphatic heterocycles. The Labute approximate surface area is 135 Å². The third-order valence-corrected chi connectivity index (χ3v) is 21.0. The van der Waals surface area contributed by atoms with E-state index in [1.165, 1.54) is 7.05 Å². The van der Waals surface area contributed by atoms with Gasteiger partial charge in [-0.25, -0.2) is 0 Å². The molecule has 0 rings (SSSR count). The highest BCUT2D eigenvalue weighted by Crippen LogP contribution is 2.49. The fourth-order valence-corrected chi connectivity index (χ4v) is 16.1. The summed E-state index contributed by atoms with van der Waals surface area (Å²) in [5.41, 5.74) is 0.755. The molecule has 2 nitrogen and oxygen atoms in total. The summed E-state index contributed by atoms with van der Waals surface area (Å²) in [5.74, 6) is -1.70. The molecule has 1 unspecified atom stereocenters. The second-order valence-corrected chi connectivity index (χ2v) is 20.6. The summed E-state index contributed by atoms with van der Waals surface area (Å²) < 4.78 is 39.8. The molecule has 7 heteroatoms. The maximum Gasteiger partial charge on any atom is 0.470 e. The molecule has 0 saturated heterocycles. The highest BCUT2D eigenvalue weighted by atomic mass is 28.4. The Bertz CT molecular complexity index is 422. The molecule has 22 heavy (non-hydrogen) atoms. The second-order valence-electron chi connectivity index (χ2n) is 9.20. The van der Waals surface area contributed by atoms with Crippen molar-refractivity contribution in [2.45, 2.75) is 83.1 Å². The summed E-state index contributed by atoms with van der Waals surface area (Å²) in [7, 11) is -3.12. The zero-order valence-corrected chi connectivity index (χ0v) is 17.7. The molecule has 0 radical (unpaired) electrons. The van der Waals surface area contributed by atoms with Gasteiger partial charge in [0, 0.05) is 7.05 Å². The Morgan fingerprint density at radius 1 is 0.909 bits per heavy atom. The molecule has 0 aromatic carbocycles. The first-order valence-electron chi connectivity index (χ1n) is 7.62. The Balaban J connectivity index is 5.89. The number of halogens is 3. The molecule has 0 N–H and O–H groups in total. The summed E-state index contributed by atoms with van der Waals surface area (Å²) in [6.07, 6.45) is -4.80. The van der Waals surface area contributed by atoms with E-state index in [4.69, 9.17) is 0 Å². The largest absolute Gasteiger partial charge is 0.470 e.